The van der Waals surface area contributed by atoms with E-state index in [-0.39, 0.29) is 19.4 Å². The molecular formula is C21H18Br4O5. The number of carbonyl (C=O) groups is 1. The number of ketones is 1. The molecule has 0 bridgehead atoms. The molecule has 2 rings (SSSR count). The number of ether oxygens (including phenoxy) is 4. The molecule has 0 aliphatic rings. The summed E-state index contributed by atoms with van der Waals surface area (Å²) in [7, 11) is 3.09. The molecule has 0 aliphatic heterocycles. The molecule has 0 N–H and O–H groups in total. The summed E-state index contributed by atoms with van der Waals surface area (Å²) in [4.78, 5) is 12.4. The van der Waals surface area contributed by atoms with Gasteiger partial charge in [-0.2, -0.15) is 0 Å². The zero-order valence-corrected chi connectivity index (χ0v) is 22.4. The van der Waals surface area contributed by atoms with Gasteiger partial charge < -0.3 is 18.9 Å². The molecule has 0 amide bonds. The van der Waals surface area contributed by atoms with E-state index in [2.05, 4.69) is 63.7 Å². The zero-order valence-electron chi connectivity index (χ0n) is 16.1. The molecule has 0 aromatic heterocycles. The molecule has 0 fully saturated rings. The average Bonchev–Trinajstić information content (AvgIpc) is 2.68. The SMILES string of the molecule is COCOc1cc(Br)cc(Br)c1/C=C/C(=O)/C=C/c1c(Br)cc(Br)cc1OCOC. The first kappa shape index (κ1) is 25.3. The number of benzene rings is 2. The van der Waals surface area contributed by atoms with Gasteiger partial charge in [0.25, 0.3) is 0 Å². The van der Waals surface area contributed by atoms with Gasteiger partial charge in [-0.3, -0.25) is 4.79 Å². The summed E-state index contributed by atoms with van der Waals surface area (Å²) in [6.45, 7) is 0.193. The summed E-state index contributed by atoms with van der Waals surface area (Å²) in [5, 5.41) is 0. The summed E-state index contributed by atoms with van der Waals surface area (Å²) in [5.41, 5.74) is 1.46. The van der Waals surface area contributed by atoms with Crippen molar-refractivity contribution in [2.45, 2.75) is 0 Å². The molecule has 2 aromatic carbocycles. The van der Waals surface area contributed by atoms with Gasteiger partial charge in [0.2, 0.25) is 0 Å². The minimum absolute atomic E-state index is 0.0967. The third-order valence-electron chi connectivity index (χ3n) is 3.61. The standard InChI is InChI=1S/C21H18Br4O5/c1-27-11-29-20-9-13(22)7-18(24)16(20)5-3-15(26)4-6-17-19(25)8-14(23)10-21(17)30-12-28-2/h3-10H,11-12H2,1-2H3/b5-3+,6-4+. The van der Waals surface area contributed by atoms with Crippen LogP contribution in [0.1, 0.15) is 11.1 Å². The van der Waals surface area contributed by atoms with E-state index < -0.39 is 0 Å². The Morgan fingerprint density at radius 2 is 1.17 bits per heavy atom. The minimum Gasteiger partial charge on any atom is -0.467 e. The first-order chi connectivity index (χ1) is 14.3. The molecule has 9 heteroatoms. The topological polar surface area (TPSA) is 54.0 Å². The van der Waals surface area contributed by atoms with Crippen LogP contribution < -0.4 is 9.47 Å². The molecule has 0 unspecified atom stereocenters. The fourth-order valence-electron chi connectivity index (χ4n) is 2.32. The maximum Gasteiger partial charge on any atom is 0.188 e. The lowest BCUT2D eigenvalue weighted by atomic mass is 10.1. The number of hydrogen-bond acceptors (Lipinski definition) is 5. The lowest BCUT2D eigenvalue weighted by Crippen LogP contribution is -2.01. The van der Waals surface area contributed by atoms with Gasteiger partial charge >= 0.3 is 0 Å². The van der Waals surface area contributed by atoms with Crippen molar-refractivity contribution in [2.24, 2.45) is 0 Å². The summed E-state index contributed by atoms with van der Waals surface area (Å²) < 4.78 is 24.4. The van der Waals surface area contributed by atoms with Crippen molar-refractivity contribution in [2.75, 3.05) is 27.8 Å². The molecule has 5 nitrogen and oxygen atoms in total. The highest BCUT2D eigenvalue weighted by atomic mass is 79.9. The number of methoxy groups -OCH3 is 2. The van der Waals surface area contributed by atoms with Crippen molar-refractivity contribution in [1.82, 2.24) is 0 Å². The quantitative estimate of drug-likeness (QED) is 0.202. The van der Waals surface area contributed by atoms with Crippen molar-refractivity contribution >= 4 is 81.7 Å². The zero-order chi connectivity index (χ0) is 22.1. The second-order valence-corrected chi connectivity index (χ2v) is 9.31. The fourth-order valence-corrected chi connectivity index (χ4v) is 4.95. The van der Waals surface area contributed by atoms with Gasteiger partial charge in [-0.1, -0.05) is 31.9 Å². The molecule has 30 heavy (non-hydrogen) atoms. The van der Waals surface area contributed by atoms with Crippen LogP contribution in [-0.2, 0) is 14.3 Å². The number of halogens is 4. The van der Waals surface area contributed by atoms with E-state index in [4.69, 9.17) is 18.9 Å². The average molecular weight is 670 g/mol. The normalized spacial score (nSPS) is 11.4. The number of carbonyl (C=O) groups excluding carboxylic acids is 1. The van der Waals surface area contributed by atoms with E-state index in [0.29, 0.717) is 11.5 Å². The number of hydrogen-bond donors (Lipinski definition) is 0. The van der Waals surface area contributed by atoms with Gasteiger partial charge in [-0.05, 0) is 80.4 Å². The maximum absolute atomic E-state index is 12.4. The van der Waals surface area contributed by atoms with E-state index in [1.807, 2.05) is 24.3 Å². The predicted molar refractivity (Wildman–Crippen MR) is 132 cm³/mol. The van der Waals surface area contributed by atoms with Crippen molar-refractivity contribution in [3.63, 3.8) is 0 Å². The van der Waals surface area contributed by atoms with Crippen molar-refractivity contribution < 1.29 is 23.7 Å². The smallest absolute Gasteiger partial charge is 0.188 e. The third-order valence-corrected chi connectivity index (χ3v) is 5.83. The van der Waals surface area contributed by atoms with Gasteiger partial charge in [-0.25, -0.2) is 0 Å². The van der Waals surface area contributed by atoms with E-state index in [1.54, 1.807) is 26.4 Å². The van der Waals surface area contributed by atoms with Crippen molar-refractivity contribution in [3.05, 3.63) is 65.4 Å². The molecule has 0 radical (unpaired) electrons. The van der Waals surface area contributed by atoms with Crippen LogP contribution in [0.3, 0.4) is 0 Å². The molecule has 0 saturated carbocycles. The Kier molecular flexibility index (Phi) is 10.8. The van der Waals surface area contributed by atoms with Crippen molar-refractivity contribution in [3.8, 4) is 11.5 Å². The van der Waals surface area contributed by atoms with Crippen LogP contribution in [0.2, 0.25) is 0 Å². The van der Waals surface area contributed by atoms with E-state index in [1.165, 1.54) is 12.2 Å². The lowest BCUT2D eigenvalue weighted by molar-refractivity contribution is -0.110. The number of rotatable bonds is 10. The third kappa shape index (κ3) is 7.62. The Morgan fingerprint density at radius 1 is 0.767 bits per heavy atom. The summed E-state index contributed by atoms with van der Waals surface area (Å²) in [6, 6.07) is 7.36. The highest BCUT2D eigenvalue weighted by Crippen LogP contribution is 2.34. The number of allylic oxidation sites excluding steroid dienone is 2. The molecule has 0 atom stereocenters. The van der Waals surface area contributed by atoms with Gasteiger partial charge in [0.1, 0.15) is 11.5 Å². The van der Waals surface area contributed by atoms with E-state index >= 15 is 0 Å². The molecule has 160 valence electrons. The molecule has 0 spiro atoms. The van der Waals surface area contributed by atoms with Gasteiger partial charge in [0.05, 0.1) is 0 Å². The molecule has 0 aliphatic carbocycles. The van der Waals surface area contributed by atoms with Gasteiger partial charge in [-0.15, -0.1) is 0 Å². The molecule has 0 heterocycles. The first-order valence-corrected chi connectivity index (χ1v) is 11.6. The molecule has 2 aromatic rings. The van der Waals surface area contributed by atoms with Gasteiger partial charge in [0.15, 0.2) is 19.4 Å². The minimum atomic E-state index is -0.199. The van der Waals surface area contributed by atoms with Crippen LogP contribution in [0.15, 0.2) is 54.3 Å². The van der Waals surface area contributed by atoms with E-state index in [9.17, 15) is 4.79 Å². The lowest BCUT2D eigenvalue weighted by Gasteiger charge is -2.11. The van der Waals surface area contributed by atoms with Crippen LogP contribution in [0, 0.1) is 0 Å². The van der Waals surface area contributed by atoms with Crippen LogP contribution in [-0.4, -0.2) is 33.6 Å². The first-order valence-electron chi connectivity index (χ1n) is 8.47. The van der Waals surface area contributed by atoms with Crippen LogP contribution in [0.25, 0.3) is 12.2 Å². The second kappa shape index (κ2) is 12.8. The Bertz CT molecular complexity index is 881. The van der Waals surface area contributed by atoms with Crippen LogP contribution in [0.5, 0.6) is 11.5 Å². The molecule has 0 saturated heterocycles. The van der Waals surface area contributed by atoms with Crippen LogP contribution >= 0.6 is 63.7 Å². The molecular weight excluding hydrogens is 652 g/mol. The summed E-state index contributed by atoms with van der Waals surface area (Å²) >= 11 is 13.8. The Morgan fingerprint density at radius 3 is 1.53 bits per heavy atom. The Labute approximate surface area is 208 Å². The second-order valence-electron chi connectivity index (χ2n) is 5.77. The fraction of sp³-hybridized carbons (Fsp3) is 0.190. The highest BCUT2D eigenvalue weighted by molar-refractivity contribution is 9.11. The summed E-state index contributed by atoms with van der Waals surface area (Å²) in [6.07, 6.45) is 6.31. The highest BCUT2D eigenvalue weighted by Gasteiger charge is 2.10. The predicted octanol–water partition coefficient (Wildman–Crippen LogP) is 7.00. The van der Waals surface area contributed by atoms with Crippen molar-refractivity contribution in [1.29, 1.82) is 0 Å². The Balaban J connectivity index is 2.24. The van der Waals surface area contributed by atoms with E-state index in [0.717, 1.165) is 29.0 Å². The van der Waals surface area contributed by atoms with Crippen LogP contribution in [0.4, 0.5) is 0 Å². The summed E-state index contributed by atoms with van der Waals surface area (Å²) in [5.74, 6) is 0.962. The monoisotopic (exact) mass is 666 g/mol. The maximum atomic E-state index is 12.4. The largest absolute Gasteiger partial charge is 0.467 e. The Hall–Kier alpha value is -0.970. The van der Waals surface area contributed by atoms with Gasteiger partial charge in [0, 0.05) is 43.2 Å².